The van der Waals surface area contributed by atoms with E-state index in [4.69, 9.17) is 4.74 Å². The average Bonchev–Trinajstić information content (AvgIpc) is 2.88. The van der Waals surface area contributed by atoms with Crippen LogP contribution in [0.25, 0.3) is 0 Å². The number of nitrogens with one attached hydrogen (secondary N) is 2. The average molecular weight is 320 g/mol. The van der Waals surface area contributed by atoms with E-state index in [1.54, 1.807) is 13.2 Å². The Hall–Kier alpha value is -0.470. The predicted octanol–water partition coefficient (Wildman–Crippen LogP) is 1.95. The van der Waals surface area contributed by atoms with Crippen molar-refractivity contribution in [2.45, 2.75) is 43.5 Å². The van der Waals surface area contributed by atoms with Crippen molar-refractivity contribution in [2.24, 2.45) is 0 Å². The van der Waals surface area contributed by atoms with Gasteiger partial charge in [-0.1, -0.05) is 13.8 Å². The Morgan fingerprint density at radius 3 is 2.70 bits per heavy atom. The number of hydrogen-bond donors (Lipinski definition) is 2. The Morgan fingerprint density at radius 1 is 1.35 bits per heavy atom. The van der Waals surface area contributed by atoms with Gasteiger partial charge in [0.1, 0.15) is 4.21 Å². The summed E-state index contributed by atoms with van der Waals surface area (Å²) >= 11 is 1.31. The Kier molecular flexibility index (Phi) is 7.68. The quantitative estimate of drug-likeness (QED) is 0.647. The second kappa shape index (κ2) is 8.74. The van der Waals surface area contributed by atoms with Gasteiger partial charge in [0.05, 0.1) is 6.61 Å². The van der Waals surface area contributed by atoms with Gasteiger partial charge in [-0.2, -0.15) is 0 Å². The molecule has 0 bridgehead atoms. The molecule has 1 aromatic rings. The highest BCUT2D eigenvalue weighted by Gasteiger charge is 2.20. The van der Waals surface area contributed by atoms with Crippen molar-refractivity contribution in [1.29, 1.82) is 0 Å². The standard InChI is InChI=1S/C13H24N2O3S2/c1-4-8-14-9-12-6-7-13(19-12)20(16,17)15-11(5-2)10-18-3/h6-7,11,14-15H,4-5,8-10H2,1-3H3. The number of thiophene rings is 1. The molecule has 0 saturated heterocycles. The van der Waals surface area contributed by atoms with E-state index in [2.05, 4.69) is 17.0 Å². The van der Waals surface area contributed by atoms with Crippen LogP contribution >= 0.6 is 11.3 Å². The summed E-state index contributed by atoms with van der Waals surface area (Å²) in [6.07, 6.45) is 1.76. The molecule has 1 aromatic heterocycles. The van der Waals surface area contributed by atoms with E-state index in [-0.39, 0.29) is 6.04 Å². The van der Waals surface area contributed by atoms with E-state index in [1.165, 1.54) is 11.3 Å². The van der Waals surface area contributed by atoms with Crippen molar-refractivity contribution in [3.8, 4) is 0 Å². The van der Waals surface area contributed by atoms with Gasteiger partial charge in [-0.25, -0.2) is 13.1 Å². The van der Waals surface area contributed by atoms with Gasteiger partial charge >= 0.3 is 0 Å². The zero-order chi connectivity index (χ0) is 15.0. The first-order valence-corrected chi connectivity index (χ1v) is 9.14. The topological polar surface area (TPSA) is 67.4 Å². The molecule has 0 aliphatic carbocycles. The van der Waals surface area contributed by atoms with E-state index in [9.17, 15) is 8.42 Å². The molecule has 0 saturated carbocycles. The van der Waals surface area contributed by atoms with Crippen LogP contribution < -0.4 is 10.0 Å². The molecule has 116 valence electrons. The molecule has 0 aliphatic rings. The van der Waals surface area contributed by atoms with E-state index in [1.807, 2.05) is 13.0 Å². The molecule has 2 N–H and O–H groups in total. The summed E-state index contributed by atoms with van der Waals surface area (Å²) in [4.78, 5) is 1.03. The number of ether oxygens (including phenoxy) is 1. The summed E-state index contributed by atoms with van der Waals surface area (Å²) in [5.74, 6) is 0. The fourth-order valence-electron chi connectivity index (χ4n) is 1.70. The van der Waals surface area contributed by atoms with Crippen molar-refractivity contribution < 1.29 is 13.2 Å². The normalized spacial score (nSPS) is 13.6. The Labute approximate surface area is 125 Å². The Morgan fingerprint density at radius 2 is 2.10 bits per heavy atom. The van der Waals surface area contributed by atoms with Crippen molar-refractivity contribution in [1.82, 2.24) is 10.0 Å². The zero-order valence-corrected chi connectivity index (χ0v) is 13.9. The second-order valence-corrected chi connectivity index (χ2v) is 7.69. The first-order chi connectivity index (χ1) is 9.53. The summed E-state index contributed by atoms with van der Waals surface area (Å²) in [5, 5.41) is 3.26. The summed E-state index contributed by atoms with van der Waals surface area (Å²) < 4.78 is 32.5. The molecule has 0 radical (unpaired) electrons. The molecule has 0 aromatic carbocycles. The van der Waals surface area contributed by atoms with Crippen LogP contribution in [0.3, 0.4) is 0 Å². The van der Waals surface area contributed by atoms with E-state index < -0.39 is 10.0 Å². The second-order valence-electron chi connectivity index (χ2n) is 4.58. The molecule has 1 unspecified atom stereocenters. The van der Waals surface area contributed by atoms with Crippen molar-refractivity contribution in [3.63, 3.8) is 0 Å². The number of sulfonamides is 1. The van der Waals surface area contributed by atoms with Gasteiger partial charge in [-0.05, 0) is 31.5 Å². The molecule has 1 atom stereocenters. The van der Waals surface area contributed by atoms with Crippen LogP contribution in [0.1, 0.15) is 31.6 Å². The molecule has 0 aliphatic heterocycles. The highest BCUT2D eigenvalue weighted by molar-refractivity contribution is 7.91. The van der Waals surface area contributed by atoms with Gasteiger partial charge in [0.15, 0.2) is 0 Å². The Bertz CT molecular complexity index is 486. The third-order valence-electron chi connectivity index (χ3n) is 2.81. The smallest absolute Gasteiger partial charge is 0.250 e. The van der Waals surface area contributed by atoms with E-state index >= 15 is 0 Å². The van der Waals surface area contributed by atoms with Gasteiger partial charge in [-0.3, -0.25) is 0 Å². The summed E-state index contributed by atoms with van der Waals surface area (Å²) in [6.45, 7) is 6.06. The number of methoxy groups -OCH3 is 1. The molecule has 0 spiro atoms. The van der Waals surface area contributed by atoms with Gasteiger partial charge in [0, 0.05) is 24.6 Å². The highest BCUT2D eigenvalue weighted by Crippen LogP contribution is 2.21. The first kappa shape index (κ1) is 17.6. The lowest BCUT2D eigenvalue weighted by molar-refractivity contribution is 0.173. The molecule has 0 fully saturated rings. The van der Waals surface area contributed by atoms with Crippen LogP contribution in [0.15, 0.2) is 16.3 Å². The van der Waals surface area contributed by atoms with Crippen LogP contribution in [0.2, 0.25) is 0 Å². The maximum atomic E-state index is 12.2. The number of rotatable bonds is 10. The highest BCUT2D eigenvalue weighted by atomic mass is 32.2. The molecule has 1 rings (SSSR count). The van der Waals surface area contributed by atoms with Crippen LogP contribution in [0, 0.1) is 0 Å². The lowest BCUT2D eigenvalue weighted by Gasteiger charge is -2.15. The van der Waals surface area contributed by atoms with Crippen molar-refractivity contribution in [2.75, 3.05) is 20.3 Å². The minimum absolute atomic E-state index is 0.186. The number of hydrogen-bond acceptors (Lipinski definition) is 5. The lowest BCUT2D eigenvalue weighted by atomic mass is 10.3. The van der Waals surface area contributed by atoms with Crippen LogP contribution in [0.5, 0.6) is 0 Å². The first-order valence-electron chi connectivity index (χ1n) is 6.84. The molecular formula is C13H24N2O3S2. The maximum absolute atomic E-state index is 12.2. The third-order valence-corrected chi connectivity index (χ3v) is 5.91. The van der Waals surface area contributed by atoms with Gasteiger partial charge < -0.3 is 10.1 Å². The van der Waals surface area contributed by atoms with E-state index in [0.29, 0.717) is 23.8 Å². The monoisotopic (exact) mass is 320 g/mol. The van der Waals surface area contributed by atoms with Crippen molar-refractivity contribution >= 4 is 21.4 Å². The van der Waals surface area contributed by atoms with Crippen LogP contribution in [-0.2, 0) is 21.3 Å². The van der Waals surface area contributed by atoms with E-state index in [0.717, 1.165) is 17.8 Å². The third kappa shape index (κ3) is 5.49. The summed E-state index contributed by atoms with van der Waals surface area (Å²) in [7, 11) is -1.87. The molecular weight excluding hydrogens is 296 g/mol. The molecule has 7 heteroatoms. The van der Waals surface area contributed by atoms with Crippen LogP contribution in [-0.4, -0.2) is 34.7 Å². The SMILES string of the molecule is CCCNCc1ccc(S(=O)(=O)NC(CC)COC)s1. The molecule has 0 amide bonds. The minimum atomic E-state index is -3.44. The largest absolute Gasteiger partial charge is 0.383 e. The Balaban J connectivity index is 2.67. The summed E-state index contributed by atoms with van der Waals surface area (Å²) in [5.41, 5.74) is 0. The van der Waals surface area contributed by atoms with Crippen molar-refractivity contribution in [3.05, 3.63) is 17.0 Å². The van der Waals surface area contributed by atoms with Gasteiger partial charge in [-0.15, -0.1) is 11.3 Å². The molecule has 5 nitrogen and oxygen atoms in total. The van der Waals surface area contributed by atoms with Gasteiger partial charge in [0.25, 0.3) is 0 Å². The molecule has 20 heavy (non-hydrogen) atoms. The fraction of sp³-hybridized carbons (Fsp3) is 0.692. The molecule has 1 heterocycles. The fourth-order valence-corrected chi connectivity index (χ4v) is 4.35. The minimum Gasteiger partial charge on any atom is -0.383 e. The zero-order valence-electron chi connectivity index (χ0n) is 12.3. The lowest BCUT2D eigenvalue weighted by Crippen LogP contribution is -2.37. The maximum Gasteiger partial charge on any atom is 0.250 e. The predicted molar refractivity (Wildman–Crippen MR) is 82.6 cm³/mol. The van der Waals surface area contributed by atoms with Gasteiger partial charge in [0.2, 0.25) is 10.0 Å². The van der Waals surface area contributed by atoms with Crippen LogP contribution in [0.4, 0.5) is 0 Å². The summed E-state index contributed by atoms with van der Waals surface area (Å²) in [6, 6.07) is 3.34.